The van der Waals surface area contributed by atoms with Gasteiger partial charge in [0.1, 0.15) is 24.4 Å². The Morgan fingerprint density at radius 3 is 1.21 bits per heavy atom. The number of ether oxygens (including phenoxy) is 2. The monoisotopic (exact) mass is 1020 g/mol. The molecule has 0 saturated carbocycles. The Kier molecular flexibility index (Phi) is 49.8. The Morgan fingerprint density at radius 1 is 0.472 bits per heavy atom. The molecule has 1 fully saturated rings. The molecule has 1 aliphatic heterocycles. The smallest absolute Gasteiger partial charge is 0.220 e. The highest BCUT2D eigenvalue weighted by Gasteiger charge is 2.44. The number of rotatable bonds is 53. The molecule has 422 valence electrons. The van der Waals surface area contributed by atoms with Crippen LogP contribution >= 0.6 is 0 Å². The van der Waals surface area contributed by atoms with Crippen molar-refractivity contribution >= 4 is 5.91 Å². The summed E-state index contributed by atoms with van der Waals surface area (Å²) in [6.45, 7) is 3.77. The van der Waals surface area contributed by atoms with Crippen molar-refractivity contribution in [2.24, 2.45) is 0 Å². The molecule has 0 aromatic rings. The van der Waals surface area contributed by atoms with E-state index in [0.717, 1.165) is 51.4 Å². The van der Waals surface area contributed by atoms with Crippen LogP contribution in [0.2, 0.25) is 0 Å². The van der Waals surface area contributed by atoms with E-state index in [1.165, 1.54) is 218 Å². The highest BCUT2D eigenvalue weighted by molar-refractivity contribution is 5.76. The highest BCUT2D eigenvalue weighted by Crippen LogP contribution is 2.23. The molecular weight excluding hydrogens is 899 g/mol. The van der Waals surface area contributed by atoms with Crippen molar-refractivity contribution in [3.05, 3.63) is 48.6 Å². The summed E-state index contributed by atoms with van der Waals surface area (Å²) < 4.78 is 11.2. The topological polar surface area (TPSA) is 149 Å². The van der Waals surface area contributed by atoms with E-state index >= 15 is 0 Å². The van der Waals surface area contributed by atoms with Crippen LogP contribution in [0.1, 0.15) is 290 Å². The average molecular weight is 1020 g/mol. The van der Waals surface area contributed by atoms with E-state index in [-0.39, 0.29) is 12.5 Å². The fraction of sp³-hybridized carbons (Fsp3) is 0.857. The van der Waals surface area contributed by atoms with E-state index in [0.29, 0.717) is 6.42 Å². The van der Waals surface area contributed by atoms with Crippen molar-refractivity contribution in [3.63, 3.8) is 0 Å². The molecule has 0 aliphatic carbocycles. The van der Waals surface area contributed by atoms with Crippen LogP contribution in [-0.2, 0) is 14.3 Å². The Labute approximate surface area is 444 Å². The van der Waals surface area contributed by atoms with Crippen LogP contribution in [-0.4, -0.2) is 87.5 Å². The average Bonchev–Trinajstić information content (AvgIpc) is 3.38. The number of carbonyl (C=O) groups excluding carboxylic acids is 1. The Bertz CT molecular complexity index is 1270. The molecule has 0 aromatic heterocycles. The minimum Gasteiger partial charge on any atom is -0.394 e. The van der Waals surface area contributed by atoms with Crippen LogP contribution in [0.3, 0.4) is 0 Å². The summed E-state index contributed by atoms with van der Waals surface area (Å²) in [6, 6.07) is -0.802. The first-order chi connectivity index (χ1) is 35.3. The van der Waals surface area contributed by atoms with Gasteiger partial charge in [-0.1, -0.05) is 274 Å². The van der Waals surface area contributed by atoms with Crippen LogP contribution in [0.4, 0.5) is 0 Å². The van der Waals surface area contributed by atoms with Crippen LogP contribution in [0.15, 0.2) is 48.6 Å². The van der Waals surface area contributed by atoms with Gasteiger partial charge in [0.15, 0.2) is 6.29 Å². The fourth-order valence-corrected chi connectivity index (χ4v) is 9.75. The first-order valence-corrected chi connectivity index (χ1v) is 30.9. The molecule has 7 atom stereocenters. The minimum atomic E-state index is -1.56. The van der Waals surface area contributed by atoms with Gasteiger partial charge in [0, 0.05) is 6.42 Å². The molecule has 1 rings (SSSR count). The molecule has 0 spiro atoms. The van der Waals surface area contributed by atoms with Crippen LogP contribution in [0, 0.1) is 0 Å². The zero-order chi connectivity index (χ0) is 52.2. The van der Waals surface area contributed by atoms with Gasteiger partial charge in [-0.05, 0) is 57.8 Å². The second kappa shape index (κ2) is 52.6. The van der Waals surface area contributed by atoms with E-state index in [1.54, 1.807) is 6.08 Å². The summed E-state index contributed by atoms with van der Waals surface area (Å²) in [5.41, 5.74) is 0. The Hall–Kier alpha value is -1.85. The lowest BCUT2D eigenvalue weighted by Gasteiger charge is -2.40. The number of carbonyl (C=O) groups is 1. The molecule has 7 unspecified atom stereocenters. The Balaban J connectivity index is 2.05. The summed E-state index contributed by atoms with van der Waals surface area (Å²) in [7, 11) is 0. The summed E-state index contributed by atoms with van der Waals surface area (Å²) >= 11 is 0. The van der Waals surface area contributed by atoms with Gasteiger partial charge in [-0.25, -0.2) is 0 Å². The number of allylic oxidation sites excluding steroid dienone is 7. The largest absolute Gasteiger partial charge is 0.394 e. The minimum absolute atomic E-state index is 0.174. The molecule has 0 aromatic carbocycles. The number of amides is 1. The van der Waals surface area contributed by atoms with Gasteiger partial charge < -0.3 is 40.3 Å². The molecule has 1 heterocycles. The third-order valence-corrected chi connectivity index (χ3v) is 14.6. The number of nitrogens with one attached hydrogen (secondary N) is 1. The van der Waals surface area contributed by atoms with E-state index in [9.17, 15) is 30.3 Å². The second-order valence-corrected chi connectivity index (χ2v) is 21.5. The third-order valence-electron chi connectivity index (χ3n) is 14.6. The SMILES string of the molecule is CCCCCCC/C=C\C/C=C\C/C=C\CCCCCCCCCCCCCCCCCCCCCCCCC(=O)NC(COC1OC(CO)C(O)C(O)C1O)C(O)/C=C/CCCCCCCCCCCC. The van der Waals surface area contributed by atoms with Crippen molar-refractivity contribution in [2.45, 2.75) is 333 Å². The number of aliphatic hydroxyl groups is 5. The van der Waals surface area contributed by atoms with Gasteiger partial charge in [-0.15, -0.1) is 0 Å². The van der Waals surface area contributed by atoms with E-state index < -0.39 is 49.5 Å². The summed E-state index contributed by atoms with van der Waals surface area (Å²) in [6.07, 6.45) is 63.5. The van der Waals surface area contributed by atoms with Crippen molar-refractivity contribution in [1.82, 2.24) is 5.32 Å². The van der Waals surface area contributed by atoms with Crippen LogP contribution in [0.5, 0.6) is 0 Å². The van der Waals surface area contributed by atoms with Crippen molar-refractivity contribution in [2.75, 3.05) is 13.2 Å². The standard InChI is InChI=1S/C63H117NO8/c1-3-5-7-9-11-13-15-17-18-19-20-21-22-23-24-25-26-27-28-29-30-31-32-33-34-35-36-37-38-39-40-41-43-45-47-49-51-53-59(67)64-56(55-71-63-62(70)61(69)60(68)58(54-65)72-63)57(66)52-50-48-46-44-42-16-14-12-10-8-6-4-2/h15,17,19-20,22-23,50,52,56-58,60-63,65-66,68-70H,3-14,16,18,21,24-49,51,53-55H2,1-2H3,(H,64,67)/b17-15-,20-19-,23-22-,52-50+. The summed E-state index contributed by atoms with van der Waals surface area (Å²) in [5, 5.41) is 54.4. The molecule has 9 heteroatoms. The third kappa shape index (κ3) is 41.4. The van der Waals surface area contributed by atoms with Crippen LogP contribution in [0.25, 0.3) is 0 Å². The number of hydrogen-bond donors (Lipinski definition) is 6. The molecule has 9 nitrogen and oxygen atoms in total. The number of hydrogen-bond acceptors (Lipinski definition) is 8. The number of aliphatic hydroxyl groups excluding tert-OH is 5. The maximum Gasteiger partial charge on any atom is 0.220 e. The van der Waals surface area contributed by atoms with Crippen LogP contribution < -0.4 is 5.32 Å². The highest BCUT2D eigenvalue weighted by atomic mass is 16.7. The quantitative estimate of drug-likeness (QED) is 0.0261. The normalized spacial score (nSPS) is 19.5. The molecule has 0 bridgehead atoms. The summed E-state index contributed by atoms with van der Waals surface area (Å²) in [4.78, 5) is 13.0. The molecule has 6 N–H and O–H groups in total. The van der Waals surface area contributed by atoms with Crippen molar-refractivity contribution < 1.29 is 39.8 Å². The first kappa shape index (κ1) is 68.2. The molecule has 0 radical (unpaired) electrons. The van der Waals surface area contributed by atoms with Gasteiger partial charge in [0.05, 0.1) is 25.4 Å². The number of unbranched alkanes of at least 4 members (excludes halogenated alkanes) is 37. The molecule has 1 amide bonds. The van der Waals surface area contributed by atoms with E-state index in [4.69, 9.17) is 9.47 Å². The molecular formula is C63H117NO8. The lowest BCUT2D eigenvalue weighted by molar-refractivity contribution is -0.302. The van der Waals surface area contributed by atoms with Gasteiger partial charge in [-0.2, -0.15) is 0 Å². The summed E-state index contributed by atoms with van der Waals surface area (Å²) in [5.74, 6) is -0.174. The first-order valence-electron chi connectivity index (χ1n) is 30.9. The van der Waals surface area contributed by atoms with Gasteiger partial charge in [-0.3, -0.25) is 4.79 Å². The fourth-order valence-electron chi connectivity index (χ4n) is 9.75. The zero-order valence-electron chi connectivity index (χ0n) is 46.9. The molecule has 1 saturated heterocycles. The van der Waals surface area contributed by atoms with Gasteiger partial charge >= 0.3 is 0 Å². The lowest BCUT2D eigenvalue weighted by atomic mass is 9.99. The lowest BCUT2D eigenvalue weighted by Crippen LogP contribution is -2.60. The Morgan fingerprint density at radius 2 is 0.819 bits per heavy atom. The molecule has 1 aliphatic rings. The maximum atomic E-state index is 13.0. The maximum absolute atomic E-state index is 13.0. The van der Waals surface area contributed by atoms with Crippen molar-refractivity contribution in [1.29, 1.82) is 0 Å². The van der Waals surface area contributed by atoms with E-state index in [2.05, 4.69) is 55.6 Å². The predicted molar refractivity (Wildman–Crippen MR) is 304 cm³/mol. The van der Waals surface area contributed by atoms with Gasteiger partial charge in [0.2, 0.25) is 5.91 Å². The van der Waals surface area contributed by atoms with Gasteiger partial charge in [0.25, 0.3) is 0 Å². The zero-order valence-corrected chi connectivity index (χ0v) is 46.9. The molecule has 72 heavy (non-hydrogen) atoms. The van der Waals surface area contributed by atoms with Crippen molar-refractivity contribution in [3.8, 4) is 0 Å². The van der Waals surface area contributed by atoms with E-state index in [1.807, 2.05) is 6.08 Å². The second-order valence-electron chi connectivity index (χ2n) is 21.5. The predicted octanol–water partition coefficient (Wildman–Crippen LogP) is 15.7.